The van der Waals surface area contributed by atoms with Gasteiger partial charge in [0.2, 0.25) is 17.7 Å². The Bertz CT molecular complexity index is 1330. The molecule has 0 bridgehead atoms. The molecule has 2 fully saturated rings. The fourth-order valence-electron chi connectivity index (χ4n) is 5.67. The van der Waals surface area contributed by atoms with E-state index >= 15 is 0 Å². The summed E-state index contributed by atoms with van der Waals surface area (Å²) in [6, 6.07) is 15.1. The molecule has 2 aromatic rings. The van der Waals surface area contributed by atoms with Gasteiger partial charge in [-0.2, -0.15) is 11.8 Å². The molecule has 2 aromatic carbocycles. The summed E-state index contributed by atoms with van der Waals surface area (Å²) < 4.78 is 5.52. The van der Waals surface area contributed by atoms with Crippen molar-refractivity contribution in [3.05, 3.63) is 70.7 Å². The van der Waals surface area contributed by atoms with Gasteiger partial charge in [0.25, 0.3) is 0 Å². The van der Waals surface area contributed by atoms with Crippen LogP contribution >= 0.6 is 23.4 Å². The zero-order valence-electron chi connectivity index (χ0n) is 26.4. The van der Waals surface area contributed by atoms with Gasteiger partial charge in [0.1, 0.15) is 18.9 Å². The van der Waals surface area contributed by atoms with Crippen molar-refractivity contribution in [2.75, 3.05) is 18.9 Å². The van der Waals surface area contributed by atoms with Crippen LogP contribution in [0, 0.1) is 0 Å². The molecule has 11 nitrogen and oxygen atoms in total. The van der Waals surface area contributed by atoms with Gasteiger partial charge in [-0.15, -0.1) is 0 Å². The summed E-state index contributed by atoms with van der Waals surface area (Å²) >= 11 is 7.78. The van der Waals surface area contributed by atoms with Crippen LogP contribution in [0.15, 0.2) is 54.6 Å². The van der Waals surface area contributed by atoms with E-state index in [4.69, 9.17) is 16.3 Å². The summed E-state index contributed by atoms with van der Waals surface area (Å²) in [6.07, 6.45) is 5.77. The Morgan fingerprint density at radius 2 is 1.74 bits per heavy atom. The largest absolute Gasteiger partial charge is 0.367 e. The van der Waals surface area contributed by atoms with E-state index in [2.05, 4.69) is 26.6 Å². The third-order valence-corrected chi connectivity index (χ3v) is 9.95. The van der Waals surface area contributed by atoms with Crippen molar-refractivity contribution in [2.45, 2.75) is 87.4 Å². The number of carbonyl (C=O) groups is 5. The van der Waals surface area contributed by atoms with E-state index in [1.807, 2.05) is 54.2 Å². The minimum atomic E-state index is -0.895. The van der Waals surface area contributed by atoms with Crippen LogP contribution < -0.4 is 26.6 Å². The van der Waals surface area contributed by atoms with E-state index in [-0.39, 0.29) is 43.7 Å². The number of fused-ring (bicyclic) bond motifs is 1. The molecule has 5 amide bonds. The van der Waals surface area contributed by atoms with E-state index in [1.165, 1.54) is 0 Å². The highest BCUT2D eigenvalue weighted by Gasteiger charge is 2.42. The first kappa shape index (κ1) is 36.2. The molecule has 0 unspecified atom stereocenters. The van der Waals surface area contributed by atoms with Gasteiger partial charge >= 0.3 is 6.03 Å². The molecule has 2 aliphatic rings. The second-order valence-corrected chi connectivity index (χ2v) is 13.6. The van der Waals surface area contributed by atoms with Gasteiger partial charge in [0.05, 0.1) is 24.7 Å². The molecule has 2 saturated heterocycles. The number of urea groups is 1. The number of hydrogen-bond acceptors (Lipinski definition) is 7. The quantitative estimate of drug-likeness (QED) is 0.0814. The first-order valence-electron chi connectivity index (χ1n) is 16.2. The van der Waals surface area contributed by atoms with Crippen molar-refractivity contribution in [3.63, 3.8) is 0 Å². The van der Waals surface area contributed by atoms with Crippen LogP contribution in [0.3, 0.4) is 0 Å². The maximum atomic E-state index is 13.2. The predicted octanol–water partition coefficient (Wildman–Crippen LogP) is 3.28. The molecule has 5 atom stereocenters. The molecule has 13 heteroatoms. The number of benzene rings is 2. The van der Waals surface area contributed by atoms with E-state index in [0.29, 0.717) is 48.8 Å². The Labute approximate surface area is 285 Å². The monoisotopic (exact) mass is 685 g/mol. The maximum Gasteiger partial charge on any atom is 0.315 e. The highest BCUT2D eigenvalue weighted by molar-refractivity contribution is 8.00. The summed E-state index contributed by atoms with van der Waals surface area (Å²) in [5, 5.41) is 15.4. The number of rotatable bonds is 20. The number of aldehydes is 1. The molecule has 2 heterocycles. The topological polar surface area (TPSA) is 155 Å². The van der Waals surface area contributed by atoms with Crippen LogP contribution in [0.5, 0.6) is 0 Å². The lowest BCUT2D eigenvalue weighted by molar-refractivity contribution is -0.132. The Balaban J connectivity index is 1.12. The fraction of sp³-hybridized carbons (Fsp3) is 0.500. The molecular weight excluding hydrogens is 642 g/mol. The smallest absolute Gasteiger partial charge is 0.315 e. The van der Waals surface area contributed by atoms with Gasteiger partial charge in [0.15, 0.2) is 0 Å². The third kappa shape index (κ3) is 12.5. The van der Waals surface area contributed by atoms with Crippen LogP contribution in [0.2, 0.25) is 5.02 Å². The second-order valence-electron chi connectivity index (χ2n) is 11.9. The number of nitrogens with one attached hydrogen (secondary N) is 5. The number of unbranched alkanes of at least 4 members (excludes halogenated alkanes) is 2. The van der Waals surface area contributed by atoms with Crippen molar-refractivity contribution in [1.29, 1.82) is 0 Å². The number of thioether (sulfide) groups is 1. The molecule has 0 saturated carbocycles. The van der Waals surface area contributed by atoms with Gasteiger partial charge in [-0.1, -0.05) is 60.5 Å². The third-order valence-electron chi connectivity index (χ3n) is 8.19. The van der Waals surface area contributed by atoms with E-state index in [9.17, 15) is 24.0 Å². The fourth-order valence-corrected chi connectivity index (χ4v) is 7.34. The highest BCUT2D eigenvalue weighted by Crippen LogP contribution is 2.33. The van der Waals surface area contributed by atoms with Crippen LogP contribution in [-0.2, 0) is 36.9 Å². The lowest BCUT2D eigenvalue weighted by Gasteiger charge is -2.21. The Morgan fingerprint density at radius 1 is 0.957 bits per heavy atom. The lowest BCUT2D eigenvalue weighted by atomic mass is 10.0. The normalized spacial score (nSPS) is 19.5. The van der Waals surface area contributed by atoms with E-state index in [0.717, 1.165) is 36.1 Å². The summed E-state index contributed by atoms with van der Waals surface area (Å²) in [4.78, 5) is 61.5. The molecule has 2 aliphatic heterocycles. The second kappa shape index (κ2) is 19.3. The minimum absolute atomic E-state index is 0.00494. The van der Waals surface area contributed by atoms with Gasteiger partial charge < -0.3 is 36.1 Å². The lowest BCUT2D eigenvalue weighted by Crippen LogP contribution is -2.51. The number of ether oxygens (including phenoxy) is 1. The van der Waals surface area contributed by atoms with Crippen molar-refractivity contribution in [3.8, 4) is 0 Å². The van der Waals surface area contributed by atoms with Crippen molar-refractivity contribution in [2.24, 2.45) is 0 Å². The Hall–Kier alpha value is -3.61. The van der Waals surface area contributed by atoms with Crippen LogP contribution in [0.1, 0.15) is 56.1 Å². The molecule has 0 spiro atoms. The summed E-state index contributed by atoms with van der Waals surface area (Å²) in [6.45, 7) is 0.469. The summed E-state index contributed by atoms with van der Waals surface area (Å²) in [5.74, 6) is 0.0211. The minimum Gasteiger partial charge on any atom is -0.367 e. The zero-order chi connectivity index (χ0) is 33.4. The molecule has 5 N–H and O–H groups in total. The maximum absolute atomic E-state index is 13.2. The molecule has 4 rings (SSSR count). The number of hydrogen-bond donors (Lipinski definition) is 5. The number of amides is 5. The van der Waals surface area contributed by atoms with Gasteiger partial charge in [-0.25, -0.2) is 4.79 Å². The number of halogens is 1. The van der Waals surface area contributed by atoms with Crippen molar-refractivity contribution in [1.82, 2.24) is 26.6 Å². The van der Waals surface area contributed by atoms with Gasteiger partial charge in [-0.3, -0.25) is 14.4 Å². The molecular formula is C34H44ClN5O6S. The first-order valence-corrected chi connectivity index (χ1v) is 17.6. The molecule has 47 heavy (non-hydrogen) atoms. The standard InChI is InChI=1S/C34H44ClN5O6S/c35-25-15-13-24(14-16-25)20-46-21-31(43)38-27(18-23-8-2-1-3-9-23)33(44)37-26(19-41)10-6-7-17-36-30(42)12-5-4-11-29-32-28(22-47-29)39-34(45)40-32/h1-3,8-9,13-16,19,26-29,32H,4-7,10-12,17-18,20-22H2,(H,36,42)(H,37,44)(H,38,43)(H2,39,40,45)/t26-,27-,28-,29-,32-/m0/s1. The molecule has 0 radical (unpaired) electrons. The van der Waals surface area contributed by atoms with E-state index in [1.54, 1.807) is 12.1 Å². The number of carbonyl (C=O) groups excluding carboxylic acids is 5. The predicted molar refractivity (Wildman–Crippen MR) is 182 cm³/mol. The molecule has 0 aromatic heterocycles. The zero-order valence-corrected chi connectivity index (χ0v) is 28.0. The van der Waals surface area contributed by atoms with Gasteiger partial charge in [-0.05, 0) is 55.4 Å². The molecule has 254 valence electrons. The Morgan fingerprint density at radius 3 is 2.51 bits per heavy atom. The van der Waals surface area contributed by atoms with E-state index < -0.39 is 23.9 Å². The van der Waals surface area contributed by atoms with Crippen molar-refractivity contribution >= 4 is 53.4 Å². The van der Waals surface area contributed by atoms with Crippen LogP contribution in [0.25, 0.3) is 0 Å². The van der Waals surface area contributed by atoms with Crippen LogP contribution in [0.4, 0.5) is 4.79 Å². The first-order chi connectivity index (χ1) is 22.8. The molecule has 0 aliphatic carbocycles. The van der Waals surface area contributed by atoms with Crippen molar-refractivity contribution < 1.29 is 28.7 Å². The summed E-state index contributed by atoms with van der Waals surface area (Å²) in [7, 11) is 0. The van der Waals surface area contributed by atoms with Gasteiger partial charge in [0, 0.05) is 35.4 Å². The highest BCUT2D eigenvalue weighted by atomic mass is 35.5. The summed E-state index contributed by atoms with van der Waals surface area (Å²) in [5.41, 5.74) is 1.72. The van der Waals surface area contributed by atoms with Crippen LogP contribution in [-0.4, -0.2) is 78.4 Å². The average Bonchev–Trinajstić information content (AvgIpc) is 3.62. The SMILES string of the molecule is O=C[C@H](CCCCNC(=O)CCCC[C@@H]1SC[C@@H]2NC(=O)N[C@@H]21)NC(=O)[C@H](Cc1ccccc1)NC(=O)COCc1ccc(Cl)cc1. The Kier molecular flexibility index (Phi) is 14.9. The average molecular weight is 686 g/mol.